The van der Waals surface area contributed by atoms with Crippen LogP contribution in [0.3, 0.4) is 0 Å². The average molecular weight is 255 g/mol. The summed E-state index contributed by atoms with van der Waals surface area (Å²) in [6.07, 6.45) is -6.81. The molecule has 1 N–H and O–H groups in total. The number of hydrogen-bond acceptors (Lipinski definition) is 2. The van der Waals surface area contributed by atoms with E-state index in [0.29, 0.717) is 5.52 Å². The molecule has 0 saturated carbocycles. The first-order chi connectivity index (χ1) is 8.46. The minimum absolute atomic E-state index is 0.276. The zero-order valence-electron chi connectivity index (χ0n) is 9.48. The number of alkyl halides is 3. The van der Waals surface area contributed by atoms with E-state index in [9.17, 15) is 18.3 Å². The minimum Gasteiger partial charge on any atom is -0.387 e. The van der Waals surface area contributed by atoms with E-state index in [1.165, 1.54) is 0 Å². The van der Waals surface area contributed by atoms with E-state index in [4.69, 9.17) is 0 Å². The maximum atomic E-state index is 12.1. The number of halogens is 3. The number of para-hydroxylation sites is 1. The second kappa shape index (κ2) is 4.94. The number of hydrogen-bond donors (Lipinski definition) is 1. The van der Waals surface area contributed by atoms with Crippen LogP contribution < -0.4 is 0 Å². The Balaban J connectivity index is 2.15. The fourth-order valence-electron chi connectivity index (χ4n) is 1.72. The normalized spacial score (nSPS) is 13.8. The first-order valence-electron chi connectivity index (χ1n) is 5.56. The molecule has 0 aliphatic heterocycles. The molecule has 0 saturated heterocycles. The Morgan fingerprint density at radius 1 is 1.11 bits per heavy atom. The molecule has 0 fully saturated rings. The third-order valence-electron chi connectivity index (χ3n) is 2.66. The molecule has 2 rings (SSSR count). The maximum Gasteiger partial charge on any atom is 0.389 e. The second-order valence-electron chi connectivity index (χ2n) is 4.10. The highest BCUT2D eigenvalue weighted by atomic mass is 19.4. The zero-order chi connectivity index (χ0) is 13.2. The Bertz CT molecular complexity index is 539. The van der Waals surface area contributed by atoms with Crippen molar-refractivity contribution in [2.45, 2.75) is 25.1 Å². The van der Waals surface area contributed by atoms with Gasteiger partial charge in [-0.1, -0.05) is 24.3 Å². The van der Waals surface area contributed by atoms with Crippen LogP contribution in [0.25, 0.3) is 10.9 Å². The van der Waals surface area contributed by atoms with Gasteiger partial charge < -0.3 is 5.11 Å². The topological polar surface area (TPSA) is 33.1 Å². The van der Waals surface area contributed by atoms with E-state index in [0.717, 1.165) is 5.39 Å². The number of aliphatic hydroxyl groups excluding tert-OH is 1. The number of fused-ring (bicyclic) bond motifs is 1. The molecule has 0 amide bonds. The summed E-state index contributed by atoms with van der Waals surface area (Å²) < 4.78 is 36.2. The number of aliphatic hydroxyl groups is 1. The summed E-state index contributed by atoms with van der Waals surface area (Å²) in [5, 5.41) is 10.6. The lowest BCUT2D eigenvalue weighted by Crippen LogP contribution is -2.10. The average Bonchev–Trinajstić information content (AvgIpc) is 2.34. The van der Waals surface area contributed by atoms with Gasteiger partial charge in [-0.05, 0) is 18.6 Å². The van der Waals surface area contributed by atoms with Crippen molar-refractivity contribution in [1.29, 1.82) is 0 Å². The molecule has 0 aliphatic rings. The summed E-state index contributed by atoms with van der Waals surface area (Å²) in [5.74, 6) is 0. The summed E-state index contributed by atoms with van der Waals surface area (Å²) in [7, 11) is 0. The molecule has 1 aromatic carbocycles. The van der Waals surface area contributed by atoms with Gasteiger partial charge in [0.1, 0.15) is 0 Å². The first kappa shape index (κ1) is 12.8. The standard InChI is InChI=1S/C13H12F3NO/c14-13(15,16)8-7-12(18)11-6-5-9-3-1-2-4-10(9)17-11/h1-6,12,18H,7-8H2. The van der Waals surface area contributed by atoms with Crippen LogP contribution >= 0.6 is 0 Å². The van der Waals surface area contributed by atoms with Crippen molar-refractivity contribution in [3.63, 3.8) is 0 Å². The highest BCUT2D eigenvalue weighted by Crippen LogP contribution is 2.27. The lowest BCUT2D eigenvalue weighted by atomic mass is 10.1. The molecule has 1 atom stereocenters. The maximum absolute atomic E-state index is 12.1. The van der Waals surface area contributed by atoms with Crippen molar-refractivity contribution in [3.05, 3.63) is 42.1 Å². The van der Waals surface area contributed by atoms with Crippen molar-refractivity contribution < 1.29 is 18.3 Å². The van der Waals surface area contributed by atoms with Crippen LogP contribution in [-0.2, 0) is 0 Å². The summed E-state index contributed by atoms with van der Waals surface area (Å²) in [6, 6.07) is 10.6. The van der Waals surface area contributed by atoms with Crippen LogP contribution in [0, 0.1) is 0 Å². The Hall–Kier alpha value is -1.62. The van der Waals surface area contributed by atoms with E-state index in [2.05, 4.69) is 4.98 Å². The SMILES string of the molecule is OC(CCC(F)(F)F)c1ccc2ccccc2n1. The van der Waals surface area contributed by atoms with Gasteiger partial charge in [0.25, 0.3) is 0 Å². The van der Waals surface area contributed by atoms with E-state index >= 15 is 0 Å². The molecule has 1 aromatic heterocycles. The fraction of sp³-hybridized carbons (Fsp3) is 0.308. The smallest absolute Gasteiger partial charge is 0.387 e. The summed E-state index contributed by atoms with van der Waals surface area (Å²) in [4.78, 5) is 4.16. The van der Waals surface area contributed by atoms with Crippen LogP contribution in [0.1, 0.15) is 24.6 Å². The number of aromatic nitrogens is 1. The van der Waals surface area contributed by atoms with E-state index in [-0.39, 0.29) is 12.1 Å². The Morgan fingerprint density at radius 2 is 1.83 bits per heavy atom. The molecule has 0 bridgehead atoms. The lowest BCUT2D eigenvalue weighted by Gasteiger charge is -2.12. The second-order valence-corrected chi connectivity index (χ2v) is 4.10. The van der Waals surface area contributed by atoms with Gasteiger partial charge in [-0.25, -0.2) is 0 Å². The lowest BCUT2D eigenvalue weighted by molar-refractivity contribution is -0.140. The Labute approximate surface area is 102 Å². The molecule has 5 heteroatoms. The van der Waals surface area contributed by atoms with Crippen molar-refractivity contribution in [1.82, 2.24) is 4.98 Å². The molecule has 2 nitrogen and oxygen atoms in total. The quantitative estimate of drug-likeness (QED) is 0.908. The van der Waals surface area contributed by atoms with Crippen molar-refractivity contribution >= 4 is 10.9 Å². The van der Waals surface area contributed by atoms with E-state index in [1.807, 2.05) is 12.1 Å². The van der Waals surface area contributed by atoms with Gasteiger partial charge >= 0.3 is 6.18 Å². The molecule has 0 spiro atoms. The number of rotatable bonds is 3. The zero-order valence-corrected chi connectivity index (χ0v) is 9.48. The van der Waals surface area contributed by atoms with Crippen LogP contribution in [-0.4, -0.2) is 16.3 Å². The van der Waals surface area contributed by atoms with Crippen LogP contribution in [0.5, 0.6) is 0 Å². The Morgan fingerprint density at radius 3 is 2.56 bits per heavy atom. The van der Waals surface area contributed by atoms with E-state index in [1.54, 1.807) is 24.3 Å². The van der Waals surface area contributed by atoms with Crippen molar-refractivity contribution in [2.24, 2.45) is 0 Å². The van der Waals surface area contributed by atoms with Gasteiger partial charge in [-0.15, -0.1) is 0 Å². The van der Waals surface area contributed by atoms with Gasteiger partial charge in [0, 0.05) is 11.8 Å². The van der Waals surface area contributed by atoms with Crippen molar-refractivity contribution in [2.75, 3.05) is 0 Å². The van der Waals surface area contributed by atoms with Gasteiger partial charge in [-0.3, -0.25) is 4.98 Å². The first-order valence-corrected chi connectivity index (χ1v) is 5.56. The minimum atomic E-state index is -4.25. The van der Waals surface area contributed by atoms with Crippen LogP contribution in [0.2, 0.25) is 0 Å². The predicted molar refractivity (Wildman–Crippen MR) is 62.0 cm³/mol. The highest BCUT2D eigenvalue weighted by molar-refractivity contribution is 5.78. The highest BCUT2D eigenvalue weighted by Gasteiger charge is 2.28. The third-order valence-corrected chi connectivity index (χ3v) is 2.66. The van der Waals surface area contributed by atoms with E-state index < -0.39 is 18.7 Å². The molecule has 1 unspecified atom stereocenters. The monoisotopic (exact) mass is 255 g/mol. The van der Waals surface area contributed by atoms with Gasteiger partial charge in [-0.2, -0.15) is 13.2 Å². The molecule has 96 valence electrons. The third kappa shape index (κ3) is 3.20. The summed E-state index contributed by atoms with van der Waals surface area (Å²) in [5.41, 5.74) is 0.944. The molecule has 2 aromatic rings. The molecule has 18 heavy (non-hydrogen) atoms. The van der Waals surface area contributed by atoms with Gasteiger partial charge in [0.15, 0.2) is 0 Å². The van der Waals surface area contributed by atoms with Crippen molar-refractivity contribution in [3.8, 4) is 0 Å². The molecule has 0 radical (unpaired) electrons. The summed E-state index contributed by atoms with van der Waals surface area (Å²) >= 11 is 0. The predicted octanol–water partition coefficient (Wildman–Crippen LogP) is 3.61. The Kier molecular flexibility index (Phi) is 3.52. The molecule has 1 heterocycles. The number of benzene rings is 1. The fourth-order valence-corrected chi connectivity index (χ4v) is 1.72. The van der Waals surface area contributed by atoms with Gasteiger partial charge in [0.05, 0.1) is 17.3 Å². The van der Waals surface area contributed by atoms with Crippen LogP contribution in [0.15, 0.2) is 36.4 Å². The summed E-state index contributed by atoms with van der Waals surface area (Å²) in [6.45, 7) is 0. The molecular weight excluding hydrogens is 243 g/mol. The van der Waals surface area contributed by atoms with Crippen LogP contribution in [0.4, 0.5) is 13.2 Å². The van der Waals surface area contributed by atoms with Gasteiger partial charge in [0.2, 0.25) is 0 Å². The number of pyridine rings is 1. The molecule has 0 aliphatic carbocycles. The number of nitrogens with zero attached hydrogens (tertiary/aromatic N) is 1. The molecular formula is C13H12F3NO. The largest absolute Gasteiger partial charge is 0.389 e.